The number of ether oxygens (including phenoxy) is 1. The van der Waals surface area contributed by atoms with Crippen LogP contribution in [0.3, 0.4) is 0 Å². The summed E-state index contributed by atoms with van der Waals surface area (Å²) in [5, 5.41) is 9.30. The number of rotatable bonds is 8. The number of pyridine rings is 1. The van der Waals surface area contributed by atoms with Crippen LogP contribution >= 0.6 is 0 Å². The molecular formula is C26H26N6O2. The number of nitrogens with zero attached hydrogens (tertiary/aromatic N) is 3. The average molecular weight is 455 g/mol. The number of aryl methyl sites for hydroxylation is 3. The molecule has 0 aliphatic heterocycles. The van der Waals surface area contributed by atoms with Gasteiger partial charge in [0.2, 0.25) is 0 Å². The molecule has 3 N–H and O–H groups in total. The summed E-state index contributed by atoms with van der Waals surface area (Å²) < 4.78 is 5.52. The zero-order valence-corrected chi connectivity index (χ0v) is 19.3. The summed E-state index contributed by atoms with van der Waals surface area (Å²) in [5.41, 5.74) is 3.75. The van der Waals surface area contributed by atoms with E-state index in [1.807, 2.05) is 87.5 Å². The highest BCUT2D eigenvalue weighted by molar-refractivity contribution is 5.92. The van der Waals surface area contributed by atoms with Gasteiger partial charge in [-0.2, -0.15) is 0 Å². The summed E-state index contributed by atoms with van der Waals surface area (Å²) in [5.74, 6) is 3.06. The van der Waals surface area contributed by atoms with Gasteiger partial charge in [-0.05, 0) is 74.9 Å². The van der Waals surface area contributed by atoms with Crippen molar-refractivity contribution < 1.29 is 9.53 Å². The Bertz CT molecular complexity index is 1270. The predicted molar refractivity (Wildman–Crippen MR) is 134 cm³/mol. The van der Waals surface area contributed by atoms with Gasteiger partial charge < -0.3 is 20.7 Å². The smallest absolute Gasteiger partial charge is 0.262 e. The maximum Gasteiger partial charge on any atom is 0.262 e. The van der Waals surface area contributed by atoms with Gasteiger partial charge in [0.25, 0.3) is 5.91 Å². The fraction of sp³-hybridized carbons (Fsp3) is 0.154. The second kappa shape index (κ2) is 10.4. The third-order valence-electron chi connectivity index (χ3n) is 4.84. The van der Waals surface area contributed by atoms with Gasteiger partial charge >= 0.3 is 0 Å². The van der Waals surface area contributed by atoms with Gasteiger partial charge in [-0.3, -0.25) is 4.79 Å². The van der Waals surface area contributed by atoms with Crippen LogP contribution in [0.25, 0.3) is 0 Å². The van der Waals surface area contributed by atoms with E-state index in [1.165, 1.54) is 0 Å². The number of hydrogen-bond donors (Lipinski definition) is 3. The van der Waals surface area contributed by atoms with Crippen molar-refractivity contribution in [3.8, 4) is 5.75 Å². The average Bonchev–Trinajstić information content (AvgIpc) is 2.80. The Balaban J connectivity index is 1.34. The Hall–Kier alpha value is -4.46. The van der Waals surface area contributed by atoms with Crippen LogP contribution in [0.4, 0.5) is 28.8 Å². The van der Waals surface area contributed by atoms with E-state index in [0.717, 1.165) is 22.6 Å². The van der Waals surface area contributed by atoms with E-state index in [-0.39, 0.29) is 12.5 Å². The minimum absolute atomic E-state index is 0.0607. The Kier molecular flexibility index (Phi) is 6.98. The fourth-order valence-electron chi connectivity index (χ4n) is 3.20. The highest BCUT2D eigenvalue weighted by Gasteiger charge is 2.06. The molecule has 0 bridgehead atoms. The van der Waals surface area contributed by atoms with Gasteiger partial charge in [-0.15, -0.1) is 0 Å². The molecule has 0 saturated carbocycles. The number of anilines is 5. The summed E-state index contributed by atoms with van der Waals surface area (Å²) >= 11 is 0. The van der Waals surface area contributed by atoms with Gasteiger partial charge in [-0.1, -0.05) is 17.7 Å². The topological polar surface area (TPSA) is 101 Å². The Morgan fingerprint density at radius 1 is 0.765 bits per heavy atom. The summed E-state index contributed by atoms with van der Waals surface area (Å²) in [6.45, 7) is 5.78. The molecule has 172 valence electrons. The summed E-state index contributed by atoms with van der Waals surface area (Å²) in [7, 11) is 0. The maximum absolute atomic E-state index is 12.2. The SMILES string of the molecule is Cc1ccc(OCC(=O)Nc2ccc(Nc3cc(Nc4cc(C)ccn4)nc(C)n3)cc2)cc1. The van der Waals surface area contributed by atoms with E-state index < -0.39 is 0 Å². The fourth-order valence-corrected chi connectivity index (χ4v) is 3.20. The lowest BCUT2D eigenvalue weighted by atomic mass is 10.2. The van der Waals surface area contributed by atoms with Crippen molar-refractivity contribution in [2.24, 2.45) is 0 Å². The predicted octanol–water partition coefficient (Wildman–Crippen LogP) is 5.30. The van der Waals surface area contributed by atoms with Gasteiger partial charge in [0.15, 0.2) is 6.61 Å². The highest BCUT2D eigenvalue weighted by atomic mass is 16.5. The van der Waals surface area contributed by atoms with Gasteiger partial charge in [0.1, 0.15) is 29.0 Å². The third kappa shape index (κ3) is 6.52. The van der Waals surface area contributed by atoms with Crippen LogP contribution in [0.1, 0.15) is 17.0 Å². The van der Waals surface area contributed by atoms with Gasteiger partial charge in [-0.25, -0.2) is 15.0 Å². The molecule has 8 nitrogen and oxygen atoms in total. The lowest BCUT2D eigenvalue weighted by molar-refractivity contribution is -0.118. The molecule has 4 aromatic rings. The quantitative estimate of drug-likeness (QED) is 0.332. The van der Waals surface area contributed by atoms with E-state index in [9.17, 15) is 4.79 Å². The molecule has 0 atom stereocenters. The van der Waals surface area contributed by atoms with Crippen LogP contribution in [0.5, 0.6) is 5.75 Å². The zero-order valence-electron chi connectivity index (χ0n) is 19.3. The molecule has 0 unspecified atom stereocenters. The highest BCUT2D eigenvalue weighted by Crippen LogP contribution is 2.21. The minimum atomic E-state index is -0.229. The molecule has 0 spiro atoms. The van der Waals surface area contributed by atoms with Crippen molar-refractivity contribution >= 4 is 34.7 Å². The first-order valence-corrected chi connectivity index (χ1v) is 10.8. The molecular weight excluding hydrogens is 428 g/mol. The molecule has 2 aromatic carbocycles. The molecule has 1 amide bonds. The van der Waals surface area contributed by atoms with E-state index in [2.05, 4.69) is 30.9 Å². The third-order valence-corrected chi connectivity index (χ3v) is 4.84. The number of aromatic nitrogens is 3. The molecule has 0 fully saturated rings. The summed E-state index contributed by atoms with van der Waals surface area (Å²) in [4.78, 5) is 25.4. The zero-order chi connectivity index (χ0) is 23.9. The van der Waals surface area contributed by atoms with E-state index in [1.54, 1.807) is 6.20 Å². The second-order valence-electron chi connectivity index (χ2n) is 7.88. The van der Waals surface area contributed by atoms with Crippen LogP contribution < -0.4 is 20.7 Å². The lowest BCUT2D eigenvalue weighted by Gasteiger charge is -2.11. The molecule has 0 radical (unpaired) electrons. The molecule has 0 saturated heterocycles. The number of benzene rings is 2. The van der Waals surface area contributed by atoms with Crippen molar-refractivity contribution in [3.05, 3.63) is 89.9 Å². The first kappa shape index (κ1) is 22.7. The first-order valence-electron chi connectivity index (χ1n) is 10.8. The number of amides is 1. The van der Waals surface area contributed by atoms with E-state index >= 15 is 0 Å². The summed E-state index contributed by atoms with van der Waals surface area (Å²) in [6, 6.07) is 20.6. The van der Waals surface area contributed by atoms with Crippen molar-refractivity contribution in [1.82, 2.24) is 15.0 Å². The standard InChI is InChI=1S/C26H26N6O2/c1-17-4-10-22(11-5-17)34-16-26(33)31-21-8-6-20(7-9-21)30-24-15-25(29-19(3)28-24)32-23-14-18(2)12-13-27-23/h4-15H,16H2,1-3H3,(H,31,33)(H2,27,28,29,30,32). The van der Waals surface area contributed by atoms with Crippen molar-refractivity contribution in [2.75, 3.05) is 22.6 Å². The number of carbonyl (C=O) groups excluding carboxylic acids is 1. The molecule has 8 heteroatoms. The molecule has 0 aliphatic rings. The monoisotopic (exact) mass is 454 g/mol. The maximum atomic E-state index is 12.2. The summed E-state index contributed by atoms with van der Waals surface area (Å²) in [6.07, 6.45) is 1.75. The van der Waals surface area contributed by atoms with Crippen LogP contribution in [0.15, 0.2) is 72.9 Å². The van der Waals surface area contributed by atoms with Crippen LogP contribution in [-0.4, -0.2) is 27.5 Å². The number of carbonyl (C=O) groups is 1. The van der Waals surface area contributed by atoms with Gasteiger partial charge in [0, 0.05) is 23.6 Å². The molecule has 0 aliphatic carbocycles. The van der Waals surface area contributed by atoms with Crippen LogP contribution in [0.2, 0.25) is 0 Å². The first-order chi connectivity index (χ1) is 16.4. The Morgan fingerprint density at radius 3 is 2.15 bits per heavy atom. The lowest BCUT2D eigenvalue weighted by Crippen LogP contribution is -2.20. The normalized spacial score (nSPS) is 10.4. The Morgan fingerprint density at radius 2 is 1.44 bits per heavy atom. The van der Waals surface area contributed by atoms with Crippen molar-refractivity contribution in [3.63, 3.8) is 0 Å². The Labute approximate surface area is 198 Å². The minimum Gasteiger partial charge on any atom is -0.484 e. The van der Waals surface area contributed by atoms with E-state index in [4.69, 9.17) is 4.74 Å². The van der Waals surface area contributed by atoms with Crippen LogP contribution in [-0.2, 0) is 4.79 Å². The molecule has 2 heterocycles. The number of nitrogens with one attached hydrogen (secondary N) is 3. The van der Waals surface area contributed by atoms with E-state index in [0.29, 0.717) is 28.9 Å². The molecule has 34 heavy (non-hydrogen) atoms. The van der Waals surface area contributed by atoms with Gasteiger partial charge in [0.05, 0.1) is 0 Å². The largest absolute Gasteiger partial charge is 0.484 e. The second-order valence-corrected chi connectivity index (χ2v) is 7.88. The van der Waals surface area contributed by atoms with Crippen molar-refractivity contribution in [1.29, 1.82) is 0 Å². The van der Waals surface area contributed by atoms with Crippen LogP contribution in [0, 0.1) is 20.8 Å². The molecule has 4 rings (SSSR count). The molecule has 2 aromatic heterocycles. The number of hydrogen-bond acceptors (Lipinski definition) is 7. The van der Waals surface area contributed by atoms with Crippen molar-refractivity contribution in [2.45, 2.75) is 20.8 Å².